The maximum Gasteiger partial charge on any atom is 0.0849 e. The van der Waals surface area contributed by atoms with E-state index < -0.39 is 0 Å². The molecule has 0 N–H and O–H groups in total. The lowest BCUT2D eigenvalue weighted by Gasteiger charge is -2.10. The van der Waals surface area contributed by atoms with Crippen LogP contribution in [0.2, 0.25) is 0 Å². The van der Waals surface area contributed by atoms with Gasteiger partial charge >= 0.3 is 0 Å². The zero-order valence-electron chi connectivity index (χ0n) is 11.9. The first-order valence-electron chi connectivity index (χ1n) is 6.97. The molecule has 0 aliphatic carbocycles. The fraction of sp³-hybridized carbons (Fsp3) is 0.222. The molecule has 1 nitrogen and oxygen atoms in total. The van der Waals surface area contributed by atoms with Crippen LogP contribution >= 0.6 is 22.9 Å². The minimum Gasteiger partial charge on any atom is -0.384 e. The molecule has 0 fully saturated rings. The second-order valence-electron chi connectivity index (χ2n) is 5.03. The first-order chi connectivity index (χ1) is 10.3. The van der Waals surface area contributed by atoms with E-state index in [0.717, 1.165) is 18.6 Å². The quantitative estimate of drug-likeness (QED) is 0.571. The lowest BCUT2D eigenvalue weighted by molar-refractivity contribution is 0.202. The zero-order chi connectivity index (χ0) is 14.7. The van der Waals surface area contributed by atoms with Crippen LogP contribution < -0.4 is 0 Å². The van der Waals surface area contributed by atoms with Gasteiger partial charge in [-0.25, -0.2) is 0 Å². The summed E-state index contributed by atoms with van der Waals surface area (Å²) in [5.41, 5.74) is 3.61. The number of benzene rings is 2. The molecule has 3 aromatic rings. The van der Waals surface area contributed by atoms with Crippen molar-refractivity contribution in [2.75, 3.05) is 13.7 Å². The standard InChI is InChI=1S/C18H17ClOS/c1-20-11-10-13-6-8-14(9-7-13)18(19)16-12-21-17-5-3-2-4-15(16)17/h2-9,12,18H,10-11H2,1H3. The molecule has 0 saturated heterocycles. The predicted molar refractivity (Wildman–Crippen MR) is 91.5 cm³/mol. The first kappa shape index (κ1) is 14.6. The summed E-state index contributed by atoms with van der Waals surface area (Å²) in [6.45, 7) is 0.749. The third-order valence-electron chi connectivity index (χ3n) is 3.65. The summed E-state index contributed by atoms with van der Waals surface area (Å²) < 4.78 is 6.39. The summed E-state index contributed by atoms with van der Waals surface area (Å²) in [4.78, 5) is 0. The molecular formula is C18H17ClOS. The molecule has 2 aromatic carbocycles. The van der Waals surface area contributed by atoms with Crippen LogP contribution in [0.25, 0.3) is 10.1 Å². The Hall–Kier alpha value is -1.35. The SMILES string of the molecule is COCCc1ccc(C(Cl)c2csc3ccccc23)cc1. The Morgan fingerprint density at radius 2 is 1.86 bits per heavy atom. The number of rotatable bonds is 5. The second kappa shape index (κ2) is 6.61. The molecule has 21 heavy (non-hydrogen) atoms. The number of ether oxygens (including phenoxy) is 1. The van der Waals surface area contributed by atoms with Gasteiger partial charge in [0.1, 0.15) is 0 Å². The van der Waals surface area contributed by atoms with Gasteiger partial charge < -0.3 is 4.74 Å². The third kappa shape index (κ3) is 3.13. The van der Waals surface area contributed by atoms with Crippen molar-refractivity contribution in [3.8, 4) is 0 Å². The van der Waals surface area contributed by atoms with Crippen molar-refractivity contribution >= 4 is 33.0 Å². The van der Waals surface area contributed by atoms with Crippen molar-refractivity contribution in [3.63, 3.8) is 0 Å². The fourth-order valence-electron chi connectivity index (χ4n) is 2.45. The first-order valence-corrected chi connectivity index (χ1v) is 8.29. The molecule has 0 saturated carbocycles. The van der Waals surface area contributed by atoms with Crippen LogP contribution in [-0.4, -0.2) is 13.7 Å². The average molecular weight is 317 g/mol. The molecular weight excluding hydrogens is 300 g/mol. The van der Waals surface area contributed by atoms with Crippen molar-refractivity contribution in [1.29, 1.82) is 0 Å². The Morgan fingerprint density at radius 3 is 2.62 bits per heavy atom. The Labute approximate surface area is 134 Å². The van der Waals surface area contributed by atoms with E-state index in [1.165, 1.54) is 21.2 Å². The maximum absolute atomic E-state index is 6.69. The Bertz CT molecular complexity index is 717. The molecule has 1 aromatic heterocycles. The highest BCUT2D eigenvalue weighted by atomic mass is 35.5. The molecule has 1 unspecified atom stereocenters. The van der Waals surface area contributed by atoms with Gasteiger partial charge in [-0.15, -0.1) is 22.9 Å². The van der Waals surface area contributed by atoms with Gasteiger partial charge in [0.25, 0.3) is 0 Å². The smallest absolute Gasteiger partial charge is 0.0849 e. The number of hydrogen-bond acceptors (Lipinski definition) is 2. The van der Waals surface area contributed by atoms with Crippen LogP contribution in [0.4, 0.5) is 0 Å². The van der Waals surface area contributed by atoms with E-state index in [2.05, 4.69) is 53.9 Å². The third-order valence-corrected chi connectivity index (χ3v) is 5.12. The maximum atomic E-state index is 6.69. The van der Waals surface area contributed by atoms with Gasteiger partial charge in [-0.1, -0.05) is 42.5 Å². The summed E-state index contributed by atoms with van der Waals surface area (Å²) >= 11 is 8.44. The van der Waals surface area contributed by atoms with E-state index >= 15 is 0 Å². The van der Waals surface area contributed by atoms with Crippen molar-refractivity contribution in [2.45, 2.75) is 11.8 Å². The molecule has 0 amide bonds. The van der Waals surface area contributed by atoms with Crippen LogP contribution in [0.3, 0.4) is 0 Å². The van der Waals surface area contributed by atoms with Crippen LogP contribution in [0.15, 0.2) is 53.9 Å². The summed E-state index contributed by atoms with van der Waals surface area (Å²) in [6.07, 6.45) is 0.936. The van der Waals surface area contributed by atoms with Gasteiger partial charge in [0.2, 0.25) is 0 Å². The fourth-order valence-corrected chi connectivity index (χ4v) is 3.84. The Kier molecular flexibility index (Phi) is 4.59. The van der Waals surface area contributed by atoms with Gasteiger partial charge in [-0.3, -0.25) is 0 Å². The average Bonchev–Trinajstić information content (AvgIpc) is 2.97. The number of alkyl halides is 1. The highest BCUT2D eigenvalue weighted by Crippen LogP contribution is 2.37. The zero-order valence-corrected chi connectivity index (χ0v) is 13.5. The molecule has 1 atom stereocenters. The lowest BCUT2D eigenvalue weighted by atomic mass is 10.0. The van der Waals surface area contributed by atoms with E-state index in [1.807, 2.05) is 0 Å². The largest absolute Gasteiger partial charge is 0.384 e. The van der Waals surface area contributed by atoms with Crippen molar-refractivity contribution in [1.82, 2.24) is 0 Å². The number of fused-ring (bicyclic) bond motifs is 1. The Morgan fingerprint density at radius 1 is 1.10 bits per heavy atom. The monoisotopic (exact) mass is 316 g/mol. The normalized spacial score (nSPS) is 12.7. The summed E-state index contributed by atoms with van der Waals surface area (Å²) in [5, 5.41) is 3.32. The lowest BCUT2D eigenvalue weighted by Crippen LogP contribution is -1.96. The topological polar surface area (TPSA) is 9.23 Å². The molecule has 0 spiro atoms. The molecule has 1 heterocycles. The minimum atomic E-state index is -0.0994. The summed E-state index contributed by atoms with van der Waals surface area (Å²) in [6, 6.07) is 16.9. The number of hydrogen-bond donors (Lipinski definition) is 0. The molecule has 3 heteroatoms. The van der Waals surface area contributed by atoms with Crippen LogP contribution in [-0.2, 0) is 11.2 Å². The van der Waals surface area contributed by atoms with Gasteiger partial charge in [-0.2, -0.15) is 0 Å². The Balaban J connectivity index is 1.86. The van der Waals surface area contributed by atoms with Crippen LogP contribution in [0.1, 0.15) is 22.1 Å². The molecule has 0 aliphatic heterocycles. The minimum absolute atomic E-state index is 0.0994. The van der Waals surface area contributed by atoms with E-state index in [-0.39, 0.29) is 5.38 Å². The van der Waals surface area contributed by atoms with Crippen molar-refractivity contribution in [2.24, 2.45) is 0 Å². The number of halogens is 1. The van der Waals surface area contributed by atoms with Crippen molar-refractivity contribution in [3.05, 3.63) is 70.6 Å². The highest BCUT2D eigenvalue weighted by molar-refractivity contribution is 7.17. The molecule has 3 rings (SSSR count). The van der Waals surface area contributed by atoms with Gasteiger partial charge in [0.15, 0.2) is 0 Å². The van der Waals surface area contributed by atoms with Gasteiger partial charge in [0.05, 0.1) is 12.0 Å². The summed E-state index contributed by atoms with van der Waals surface area (Å²) in [5.74, 6) is 0. The predicted octanol–water partition coefficient (Wildman–Crippen LogP) is 5.42. The molecule has 0 bridgehead atoms. The molecule has 0 aliphatic rings. The number of thiophene rings is 1. The summed E-state index contributed by atoms with van der Waals surface area (Å²) in [7, 11) is 1.73. The van der Waals surface area contributed by atoms with E-state index in [1.54, 1.807) is 18.4 Å². The molecule has 108 valence electrons. The second-order valence-corrected chi connectivity index (χ2v) is 6.38. The van der Waals surface area contributed by atoms with Crippen LogP contribution in [0.5, 0.6) is 0 Å². The van der Waals surface area contributed by atoms with E-state index in [4.69, 9.17) is 16.3 Å². The van der Waals surface area contributed by atoms with E-state index in [9.17, 15) is 0 Å². The highest BCUT2D eigenvalue weighted by Gasteiger charge is 2.15. The number of methoxy groups -OCH3 is 1. The van der Waals surface area contributed by atoms with Gasteiger partial charge in [-0.05, 0) is 39.9 Å². The van der Waals surface area contributed by atoms with Crippen LogP contribution in [0, 0.1) is 0 Å². The van der Waals surface area contributed by atoms with Crippen molar-refractivity contribution < 1.29 is 4.74 Å². The van der Waals surface area contributed by atoms with Gasteiger partial charge in [0, 0.05) is 11.8 Å². The molecule has 0 radical (unpaired) electrons. The van der Waals surface area contributed by atoms with E-state index in [0.29, 0.717) is 0 Å².